The summed E-state index contributed by atoms with van der Waals surface area (Å²) in [5, 5.41) is 0.418. The predicted octanol–water partition coefficient (Wildman–Crippen LogP) is 1.93. The van der Waals surface area contributed by atoms with Crippen molar-refractivity contribution in [1.82, 2.24) is 9.97 Å². The lowest BCUT2D eigenvalue weighted by atomic mass is 10.2. The van der Waals surface area contributed by atoms with Crippen LogP contribution in [0.1, 0.15) is 5.82 Å². The van der Waals surface area contributed by atoms with Crippen molar-refractivity contribution in [3.8, 4) is 0 Å². The molecule has 78 valence electrons. The molecule has 0 saturated heterocycles. The van der Waals surface area contributed by atoms with Crippen LogP contribution in [0.2, 0.25) is 0 Å². The van der Waals surface area contributed by atoms with E-state index in [9.17, 15) is 9.18 Å². The molecule has 0 radical (unpaired) electrons. The highest BCUT2D eigenvalue weighted by molar-refractivity contribution is 7.97. The van der Waals surface area contributed by atoms with E-state index < -0.39 is 0 Å². The Hall–Kier alpha value is -1.36. The molecule has 1 aromatic carbocycles. The number of benzene rings is 1. The second kappa shape index (κ2) is 4.02. The second-order valence-electron chi connectivity index (χ2n) is 3.11. The van der Waals surface area contributed by atoms with Crippen LogP contribution in [0.3, 0.4) is 0 Å². The number of nitrogens with one attached hydrogen (secondary N) is 1. The summed E-state index contributed by atoms with van der Waals surface area (Å²) in [7, 11) is 0. The lowest BCUT2D eigenvalue weighted by Gasteiger charge is -2.00. The monoisotopic (exact) mass is 224 g/mol. The lowest BCUT2D eigenvalue weighted by Crippen LogP contribution is -2.11. The van der Waals surface area contributed by atoms with E-state index in [2.05, 4.69) is 9.97 Å². The first kappa shape index (κ1) is 10.2. The maximum atomic E-state index is 12.9. The first-order valence-electron chi connectivity index (χ1n) is 4.38. The number of thioether (sulfide) groups is 1. The summed E-state index contributed by atoms with van der Waals surface area (Å²) < 4.78 is 12.9. The molecule has 0 atom stereocenters. The van der Waals surface area contributed by atoms with E-state index in [0.717, 1.165) is 0 Å². The quantitative estimate of drug-likeness (QED) is 0.847. The first-order valence-corrected chi connectivity index (χ1v) is 5.77. The fourth-order valence-corrected chi connectivity index (χ4v) is 1.78. The number of rotatable bonds is 2. The van der Waals surface area contributed by atoms with Gasteiger partial charge in [0.2, 0.25) is 0 Å². The van der Waals surface area contributed by atoms with E-state index in [-0.39, 0.29) is 11.4 Å². The summed E-state index contributed by atoms with van der Waals surface area (Å²) in [4.78, 5) is 18.4. The SMILES string of the molecule is CSCc1nc2cc(F)ccc2c(=O)[nH]1. The zero-order valence-corrected chi connectivity index (χ0v) is 8.90. The van der Waals surface area contributed by atoms with Gasteiger partial charge in [0.05, 0.1) is 16.7 Å². The summed E-state index contributed by atoms with van der Waals surface area (Å²) in [5.74, 6) is 0.808. The third-order valence-electron chi connectivity index (χ3n) is 2.00. The van der Waals surface area contributed by atoms with Crippen molar-refractivity contribution in [3.63, 3.8) is 0 Å². The van der Waals surface area contributed by atoms with Crippen LogP contribution in [-0.4, -0.2) is 16.2 Å². The second-order valence-corrected chi connectivity index (χ2v) is 3.97. The number of H-pyrrole nitrogens is 1. The molecular weight excluding hydrogens is 215 g/mol. The van der Waals surface area contributed by atoms with Gasteiger partial charge in [-0.25, -0.2) is 9.37 Å². The zero-order valence-electron chi connectivity index (χ0n) is 8.08. The van der Waals surface area contributed by atoms with Gasteiger partial charge in [0.15, 0.2) is 0 Å². The molecule has 0 unspecified atom stereocenters. The van der Waals surface area contributed by atoms with Crippen LogP contribution in [0.25, 0.3) is 10.9 Å². The largest absolute Gasteiger partial charge is 0.309 e. The number of aromatic amines is 1. The molecule has 0 aliphatic carbocycles. The zero-order chi connectivity index (χ0) is 10.8. The molecule has 0 saturated carbocycles. The lowest BCUT2D eigenvalue weighted by molar-refractivity contribution is 0.629. The fraction of sp³-hybridized carbons (Fsp3) is 0.200. The number of nitrogens with zero attached hydrogens (tertiary/aromatic N) is 1. The minimum absolute atomic E-state index is 0.218. The molecule has 15 heavy (non-hydrogen) atoms. The van der Waals surface area contributed by atoms with Gasteiger partial charge in [0, 0.05) is 6.07 Å². The van der Waals surface area contributed by atoms with E-state index in [4.69, 9.17) is 0 Å². The summed E-state index contributed by atoms with van der Waals surface area (Å²) in [6, 6.07) is 3.97. The maximum Gasteiger partial charge on any atom is 0.258 e. The van der Waals surface area contributed by atoms with Gasteiger partial charge in [-0.05, 0) is 18.4 Å². The van der Waals surface area contributed by atoms with Crippen molar-refractivity contribution < 1.29 is 4.39 Å². The Bertz CT molecular complexity index is 553. The van der Waals surface area contributed by atoms with Crippen LogP contribution in [0.15, 0.2) is 23.0 Å². The number of aromatic nitrogens is 2. The molecule has 1 heterocycles. The average Bonchev–Trinajstić information content (AvgIpc) is 2.17. The van der Waals surface area contributed by atoms with Crippen molar-refractivity contribution in [1.29, 1.82) is 0 Å². The van der Waals surface area contributed by atoms with Gasteiger partial charge < -0.3 is 4.98 Å². The minimum atomic E-state index is -0.379. The number of halogens is 1. The van der Waals surface area contributed by atoms with Gasteiger partial charge in [-0.15, -0.1) is 0 Å². The third-order valence-corrected chi connectivity index (χ3v) is 2.56. The summed E-state index contributed by atoms with van der Waals surface area (Å²) in [6.45, 7) is 0. The molecule has 1 aromatic heterocycles. The van der Waals surface area contributed by atoms with Gasteiger partial charge in [-0.1, -0.05) is 0 Å². The topological polar surface area (TPSA) is 45.8 Å². The van der Waals surface area contributed by atoms with Gasteiger partial charge in [0.25, 0.3) is 5.56 Å². The van der Waals surface area contributed by atoms with E-state index in [0.29, 0.717) is 22.5 Å². The molecule has 0 aliphatic heterocycles. The standard InChI is InChI=1S/C10H9FN2OS/c1-15-5-9-12-8-4-6(11)2-3-7(8)10(14)13-9/h2-4H,5H2,1H3,(H,12,13,14). The summed E-state index contributed by atoms with van der Waals surface area (Å²) in [5.41, 5.74) is 0.187. The molecule has 0 aliphatic rings. The van der Waals surface area contributed by atoms with Gasteiger partial charge in [-0.3, -0.25) is 4.79 Å². The van der Waals surface area contributed by atoms with Crippen molar-refractivity contribution in [2.75, 3.05) is 6.26 Å². The maximum absolute atomic E-state index is 12.9. The molecule has 2 rings (SSSR count). The van der Waals surface area contributed by atoms with E-state index >= 15 is 0 Å². The molecule has 1 N–H and O–H groups in total. The van der Waals surface area contributed by atoms with Crippen LogP contribution >= 0.6 is 11.8 Å². The highest BCUT2D eigenvalue weighted by Crippen LogP contribution is 2.10. The van der Waals surface area contributed by atoms with Crippen LogP contribution in [-0.2, 0) is 5.75 Å². The Morgan fingerprint density at radius 3 is 3.07 bits per heavy atom. The molecule has 0 amide bonds. The van der Waals surface area contributed by atoms with Crippen LogP contribution in [0, 0.1) is 5.82 Å². The molecule has 3 nitrogen and oxygen atoms in total. The Kier molecular flexibility index (Phi) is 2.73. The van der Waals surface area contributed by atoms with E-state index in [1.165, 1.54) is 18.2 Å². The molecule has 0 spiro atoms. The normalized spacial score (nSPS) is 10.8. The Morgan fingerprint density at radius 1 is 1.53 bits per heavy atom. The Balaban J connectivity index is 2.68. The summed E-state index contributed by atoms with van der Waals surface area (Å²) in [6.07, 6.45) is 1.91. The molecule has 2 aromatic rings. The highest BCUT2D eigenvalue weighted by atomic mass is 32.2. The van der Waals surface area contributed by atoms with Gasteiger partial charge in [-0.2, -0.15) is 11.8 Å². The Labute approximate surface area is 89.7 Å². The first-order chi connectivity index (χ1) is 7.20. The molecule has 0 bridgehead atoms. The van der Waals surface area contributed by atoms with Crippen LogP contribution < -0.4 is 5.56 Å². The van der Waals surface area contributed by atoms with Crippen molar-refractivity contribution in [3.05, 3.63) is 40.2 Å². The number of hydrogen-bond donors (Lipinski definition) is 1. The smallest absolute Gasteiger partial charge is 0.258 e. The van der Waals surface area contributed by atoms with Crippen LogP contribution in [0.4, 0.5) is 4.39 Å². The Morgan fingerprint density at radius 2 is 2.33 bits per heavy atom. The van der Waals surface area contributed by atoms with E-state index in [1.807, 2.05) is 6.26 Å². The van der Waals surface area contributed by atoms with Crippen molar-refractivity contribution in [2.45, 2.75) is 5.75 Å². The summed E-state index contributed by atoms with van der Waals surface area (Å²) >= 11 is 1.55. The fourth-order valence-electron chi connectivity index (χ4n) is 1.37. The third kappa shape index (κ3) is 2.02. The average molecular weight is 224 g/mol. The minimum Gasteiger partial charge on any atom is -0.309 e. The van der Waals surface area contributed by atoms with Gasteiger partial charge >= 0.3 is 0 Å². The van der Waals surface area contributed by atoms with Crippen LogP contribution in [0.5, 0.6) is 0 Å². The van der Waals surface area contributed by atoms with E-state index in [1.54, 1.807) is 11.8 Å². The molecule has 0 fully saturated rings. The van der Waals surface area contributed by atoms with Crippen molar-refractivity contribution in [2.24, 2.45) is 0 Å². The molecular formula is C10H9FN2OS. The molecule has 5 heteroatoms. The number of hydrogen-bond acceptors (Lipinski definition) is 3. The van der Waals surface area contributed by atoms with Crippen molar-refractivity contribution >= 4 is 22.7 Å². The number of fused-ring (bicyclic) bond motifs is 1. The van der Waals surface area contributed by atoms with Gasteiger partial charge in [0.1, 0.15) is 11.6 Å². The predicted molar refractivity (Wildman–Crippen MR) is 59.5 cm³/mol. The highest BCUT2D eigenvalue weighted by Gasteiger charge is 2.04.